The first kappa shape index (κ1) is 10.1. The van der Waals surface area contributed by atoms with Crippen molar-refractivity contribution >= 4 is 28.6 Å². The smallest absolute Gasteiger partial charge is 0.332 e. The molecule has 74 valence electrons. The molecular formula is C6H6N4O3S. The maximum atomic E-state index is 10.3. The van der Waals surface area contributed by atoms with E-state index in [2.05, 4.69) is 5.10 Å². The Balaban J connectivity index is 2.64. The standard InChI is InChI=1S/C6H6N4O3S/c7-6(11)9-8-3-4-1-2-5(14-4)10(12)13/h1-3H,(H3,7,9,11). The van der Waals surface area contributed by atoms with E-state index in [1.807, 2.05) is 5.43 Å². The van der Waals surface area contributed by atoms with Crippen molar-refractivity contribution in [3.63, 3.8) is 0 Å². The molecule has 0 saturated heterocycles. The van der Waals surface area contributed by atoms with Crippen molar-refractivity contribution in [3.05, 3.63) is 27.1 Å². The molecule has 7 nitrogen and oxygen atoms in total. The molecule has 0 aliphatic rings. The zero-order valence-corrected chi connectivity index (χ0v) is 7.65. The van der Waals surface area contributed by atoms with E-state index in [0.717, 1.165) is 11.3 Å². The molecule has 0 spiro atoms. The molecule has 3 N–H and O–H groups in total. The van der Waals surface area contributed by atoms with Gasteiger partial charge in [0.25, 0.3) is 0 Å². The number of hydrazone groups is 1. The fraction of sp³-hybridized carbons (Fsp3) is 0. The van der Waals surface area contributed by atoms with E-state index < -0.39 is 11.0 Å². The highest BCUT2D eigenvalue weighted by atomic mass is 32.1. The van der Waals surface area contributed by atoms with Crippen LogP contribution in [0.4, 0.5) is 9.80 Å². The fourth-order valence-corrected chi connectivity index (χ4v) is 1.36. The monoisotopic (exact) mass is 214 g/mol. The van der Waals surface area contributed by atoms with Crippen molar-refractivity contribution < 1.29 is 9.72 Å². The van der Waals surface area contributed by atoms with E-state index in [1.54, 1.807) is 0 Å². The molecule has 2 amide bonds. The molecule has 0 unspecified atom stereocenters. The number of nitrogens with one attached hydrogen (secondary N) is 1. The quantitative estimate of drug-likeness (QED) is 0.438. The SMILES string of the molecule is NC(=O)NN=Cc1ccc([N+](=O)[O-])s1. The lowest BCUT2D eigenvalue weighted by molar-refractivity contribution is -0.380. The number of carbonyl (C=O) groups excluding carboxylic acids is 1. The molecule has 8 heteroatoms. The van der Waals surface area contributed by atoms with Crippen LogP contribution in [0.3, 0.4) is 0 Å². The second-order valence-electron chi connectivity index (χ2n) is 2.17. The summed E-state index contributed by atoms with van der Waals surface area (Å²) in [6.45, 7) is 0. The van der Waals surface area contributed by atoms with E-state index >= 15 is 0 Å². The lowest BCUT2D eigenvalue weighted by Crippen LogP contribution is -2.24. The van der Waals surface area contributed by atoms with Crippen LogP contribution < -0.4 is 11.2 Å². The number of nitro groups is 1. The topological polar surface area (TPSA) is 111 Å². The number of urea groups is 1. The van der Waals surface area contributed by atoms with Crippen LogP contribution in [0.1, 0.15) is 4.88 Å². The van der Waals surface area contributed by atoms with Gasteiger partial charge < -0.3 is 5.73 Å². The van der Waals surface area contributed by atoms with Crippen LogP contribution in [0.15, 0.2) is 17.2 Å². The maximum Gasteiger partial charge on any atom is 0.332 e. The van der Waals surface area contributed by atoms with E-state index in [1.165, 1.54) is 18.3 Å². The normalized spacial score (nSPS) is 10.3. The van der Waals surface area contributed by atoms with Crippen LogP contribution in [0.2, 0.25) is 0 Å². The third-order valence-electron chi connectivity index (χ3n) is 1.16. The Morgan fingerprint density at radius 3 is 2.93 bits per heavy atom. The summed E-state index contributed by atoms with van der Waals surface area (Å²) >= 11 is 0.952. The second-order valence-corrected chi connectivity index (χ2v) is 3.26. The molecule has 14 heavy (non-hydrogen) atoms. The van der Waals surface area contributed by atoms with Gasteiger partial charge in [0.05, 0.1) is 16.0 Å². The number of thiophene rings is 1. The number of rotatable bonds is 3. The second kappa shape index (κ2) is 4.33. The molecule has 0 aliphatic carbocycles. The third-order valence-corrected chi connectivity index (χ3v) is 2.13. The van der Waals surface area contributed by atoms with Gasteiger partial charge in [-0.25, -0.2) is 10.2 Å². The van der Waals surface area contributed by atoms with Crippen LogP contribution in [0, 0.1) is 10.1 Å². The number of hydrogen-bond donors (Lipinski definition) is 2. The van der Waals surface area contributed by atoms with Gasteiger partial charge in [0.2, 0.25) is 0 Å². The van der Waals surface area contributed by atoms with Gasteiger partial charge in [-0.1, -0.05) is 11.3 Å². The van der Waals surface area contributed by atoms with E-state index in [9.17, 15) is 14.9 Å². The van der Waals surface area contributed by atoms with Gasteiger partial charge in [-0.3, -0.25) is 10.1 Å². The van der Waals surface area contributed by atoms with Crippen LogP contribution in [0.5, 0.6) is 0 Å². The van der Waals surface area contributed by atoms with Gasteiger partial charge in [0.15, 0.2) is 0 Å². The van der Waals surface area contributed by atoms with Crippen LogP contribution >= 0.6 is 11.3 Å². The molecule has 0 fully saturated rings. The van der Waals surface area contributed by atoms with Crippen molar-refractivity contribution in [2.75, 3.05) is 0 Å². The molecule has 0 radical (unpaired) electrons. The fourth-order valence-electron chi connectivity index (χ4n) is 0.669. The Bertz CT molecular complexity index is 386. The highest BCUT2D eigenvalue weighted by Crippen LogP contribution is 2.22. The molecule has 1 rings (SSSR count). The van der Waals surface area contributed by atoms with Crippen LogP contribution in [-0.4, -0.2) is 17.2 Å². The molecule has 0 aromatic carbocycles. The number of carbonyl (C=O) groups is 1. The van der Waals surface area contributed by atoms with Crippen molar-refractivity contribution in [1.82, 2.24) is 5.43 Å². The first-order valence-corrected chi connectivity index (χ1v) is 4.24. The Labute approximate surface area is 82.4 Å². The molecule has 1 aromatic heterocycles. The van der Waals surface area contributed by atoms with E-state index in [-0.39, 0.29) is 5.00 Å². The Morgan fingerprint density at radius 2 is 2.43 bits per heavy atom. The van der Waals surface area contributed by atoms with E-state index in [0.29, 0.717) is 4.88 Å². The maximum absolute atomic E-state index is 10.3. The molecule has 0 aliphatic heterocycles. The van der Waals surface area contributed by atoms with Gasteiger partial charge >= 0.3 is 11.0 Å². The lowest BCUT2D eigenvalue weighted by atomic mass is 10.5. The first-order chi connectivity index (χ1) is 6.59. The average molecular weight is 214 g/mol. The van der Waals surface area contributed by atoms with Gasteiger partial charge in [-0.15, -0.1) is 0 Å². The summed E-state index contributed by atoms with van der Waals surface area (Å²) in [6, 6.07) is 2.10. The predicted molar refractivity (Wildman–Crippen MR) is 51.3 cm³/mol. The Morgan fingerprint density at radius 1 is 1.71 bits per heavy atom. The summed E-state index contributed by atoms with van der Waals surface area (Å²) < 4.78 is 0. The number of nitrogens with zero attached hydrogens (tertiary/aromatic N) is 2. The molecule has 0 atom stereocenters. The predicted octanol–water partition coefficient (Wildman–Crippen LogP) is 0.659. The molecule has 1 heterocycles. The summed E-state index contributed by atoms with van der Waals surface area (Å²) in [7, 11) is 0. The summed E-state index contributed by atoms with van der Waals surface area (Å²) in [5.74, 6) is 0. The lowest BCUT2D eigenvalue weighted by Gasteiger charge is -1.87. The number of primary amides is 1. The molecule has 1 aromatic rings. The zero-order valence-electron chi connectivity index (χ0n) is 6.84. The van der Waals surface area contributed by atoms with Gasteiger partial charge in [-0.2, -0.15) is 5.10 Å². The molecular weight excluding hydrogens is 208 g/mol. The summed E-state index contributed by atoms with van der Waals surface area (Å²) in [5.41, 5.74) is 6.72. The third kappa shape index (κ3) is 2.83. The average Bonchev–Trinajstić information content (AvgIpc) is 2.52. The molecule has 0 saturated carbocycles. The minimum atomic E-state index is -0.785. The molecule has 0 bridgehead atoms. The summed E-state index contributed by atoms with van der Waals surface area (Å²) in [5, 5.41) is 13.7. The zero-order chi connectivity index (χ0) is 10.6. The minimum Gasteiger partial charge on any atom is -0.350 e. The van der Waals surface area contributed by atoms with Crippen molar-refractivity contribution in [2.45, 2.75) is 0 Å². The summed E-state index contributed by atoms with van der Waals surface area (Å²) in [6.07, 6.45) is 1.28. The van der Waals surface area contributed by atoms with Crippen LogP contribution in [0.25, 0.3) is 0 Å². The number of hydrogen-bond acceptors (Lipinski definition) is 5. The van der Waals surface area contributed by atoms with Crippen molar-refractivity contribution in [2.24, 2.45) is 10.8 Å². The van der Waals surface area contributed by atoms with Crippen molar-refractivity contribution in [1.29, 1.82) is 0 Å². The number of nitrogens with two attached hydrogens (primary N) is 1. The van der Waals surface area contributed by atoms with Crippen molar-refractivity contribution in [3.8, 4) is 0 Å². The van der Waals surface area contributed by atoms with Crippen LogP contribution in [-0.2, 0) is 0 Å². The highest BCUT2D eigenvalue weighted by Gasteiger charge is 2.07. The van der Waals surface area contributed by atoms with Gasteiger partial charge in [0.1, 0.15) is 0 Å². The first-order valence-electron chi connectivity index (χ1n) is 3.42. The Hall–Kier alpha value is -1.96. The van der Waals surface area contributed by atoms with Gasteiger partial charge in [-0.05, 0) is 6.07 Å². The van der Waals surface area contributed by atoms with E-state index in [4.69, 9.17) is 5.73 Å². The highest BCUT2D eigenvalue weighted by molar-refractivity contribution is 7.16. The minimum absolute atomic E-state index is 0.0190. The Kier molecular flexibility index (Phi) is 3.13. The number of amides is 2. The largest absolute Gasteiger partial charge is 0.350 e. The van der Waals surface area contributed by atoms with Gasteiger partial charge in [0, 0.05) is 6.07 Å². The summed E-state index contributed by atoms with van der Waals surface area (Å²) in [4.78, 5) is 20.5.